The van der Waals surface area contributed by atoms with Gasteiger partial charge in [-0.3, -0.25) is 0 Å². The second kappa shape index (κ2) is 6.62. The first-order valence-electron chi connectivity index (χ1n) is 6.95. The topological polar surface area (TPSA) is 12.0 Å². The summed E-state index contributed by atoms with van der Waals surface area (Å²) < 4.78 is 27.7. The maximum absolute atomic E-state index is 13.8. The third-order valence-corrected chi connectivity index (χ3v) is 3.40. The summed E-state index contributed by atoms with van der Waals surface area (Å²) in [6.07, 6.45) is 0.928. The monoisotopic (exact) mass is 275 g/mol. The first-order chi connectivity index (χ1) is 9.67. The van der Waals surface area contributed by atoms with E-state index in [0.717, 1.165) is 18.5 Å². The van der Waals surface area contributed by atoms with Crippen LogP contribution in [0.2, 0.25) is 0 Å². The number of rotatable bonds is 5. The second-order valence-electron chi connectivity index (χ2n) is 4.74. The molecule has 1 nitrogen and oxygen atoms in total. The van der Waals surface area contributed by atoms with Gasteiger partial charge in [0.2, 0.25) is 0 Å². The predicted octanol–water partition coefficient (Wildman–Crippen LogP) is 4.69. The molecule has 0 fully saturated rings. The van der Waals surface area contributed by atoms with E-state index in [-0.39, 0.29) is 11.6 Å². The van der Waals surface area contributed by atoms with Crippen LogP contribution in [0.1, 0.15) is 31.9 Å². The third kappa shape index (κ3) is 3.05. The van der Waals surface area contributed by atoms with Crippen molar-refractivity contribution in [2.24, 2.45) is 0 Å². The molecule has 0 heterocycles. The Morgan fingerprint density at radius 2 is 1.65 bits per heavy atom. The lowest BCUT2D eigenvalue weighted by Crippen LogP contribution is -2.20. The molecule has 0 aliphatic rings. The zero-order chi connectivity index (χ0) is 14.5. The minimum atomic E-state index is -0.529. The number of hydrogen-bond donors (Lipinski definition) is 1. The number of benzene rings is 2. The summed E-state index contributed by atoms with van der Waals surface area (Å²) >= 11 is 0. The van der Waals surface area contributed by atoms with Gasteiger partial charge in [0, 0.05) is 6.04 Å². The molecule has 2 aromatic carbocycles. The maximum Gasteiger partial charge on any atom is 0.133 e. The Bertz CT molecular complexity index is 561. The first kappa shape index (κ1) is 14.7. The van der Waals surface area contributed by atoms with Crippen molar-refractivity contribution >= 4 is 0 Å². The van der Waals surface area contributed by atoms with E-state index in [2.05, 4.69) is 12.2 Å². The lowest BCUT2D eigenvalue weighted by atomic mass is 9.97. The summed E-state index contributed by atoms with van der Waals surface area (Å²) in [7, 11) is 0. The molecule has 0 amide bonds. The molecule has 3 heteroatoms. The van der Waals surface area contributed by atoms with E-state index in [4.69, 9.17) is 0 Å². The van der Waals surface area contributed by atoms with Gasteiger partial charge in [0.15, 0.2) is 0 Å². The molecule has 0 aromatic heterocycles. The van der Waals surface area contributed by atoms with Crippen molar-refractivity contribution in [2.75, 3.05) is 6.54 Å². The van der Waals surface area contributed by atoms with Gasteiger partial charge in [-0.05, 0) is 42.3 Å². The van der Waals surface area contributed by atoms with Crippen LogP contribution < -0.4 is 5.32 Å². The van der Waals surface area contributed by atoms with Crippen molar-refractivity contribution in [2.45, 2.75) is 26.3 Å². The fourth-order valence-corrected chi connectivity index (χ4v) is 2.43. The molecule has 0 spiro atoms. The molecule has 1 atom stereocenters. The molecule has 2 aromatic rings. The molecule has 0 radical (unpaired) electrons. The quantitative estimate of drug-likeness (QED) is 0.834. The van der Waals surface area contributed by atoms with Gasteiger partial charge in [0.25, 0.3) is 0 Å². The van der Waals surface area contributed by atoms with Gasteiger partial charge in [-0.25, -0.2) is 8.78 Å². The molecule has 1 N–H and O–H groups in total. The first-order valence-corrected chi connectivity index (χ1v) is 6.95. The Morgan fingerprint density at radius 3 is 2.25 bits per heavy atom. The standard InChI is InChI=1S/C17H19F2N/c1-3-16(20-4-2)12-7-5-8-13(11-12)17-14(18)9-6-10-15(17)19/h5-11,16,20H,3-4H2,1-2H3. The van der Waals surface area contributed by atoms with Gasteiger partial charge in [-0.15, -0.1) is 0 Å². The highest BCUT2D eigenvalue weighted by atomic mass is 19.1. The van der Waals surface area contributed by atoms with Crippen LogP contribution in [0.3, 0.4) is 0 Å². The summed E-state index contributed by atoms with van der Waals surface area (Å²) in [5.74, 6) is -1.06. The molecule has 20 heavy (non-hydrogen) atoms. The fraction of sp³-hybridized carbons (Fsp3) is 0.294. The van der Waals surface area contributed by atoms with Crippen LogP contribution in [0.15, 0.2) is 42.5 Å². The van der Waals surface area contributed by atoms with E-state index in [1.165, 1.54) is 18.2 Å². The van der Waals surface area contributed by atoms with Gasteiger partial charge in [0.1, 0.15) is 11.6 Å². The molecular formula is C17H19F2N. The van der Waals surface area contributed by atoms with Crippen molar-refractivity contribution in [3.05, 3.63) is 59.7 Å². The van der Waals surface area contributed by atoms with Gasteiger partial charge in [0.05, 0.1) is 5.56 Å². The van der Waals surface area contributed by atoms with E-state index >= 15 is 0 Å². The van der Waals surface area contributed by atoms with E-state index in [9.17, 15) is 8.78 Å². The largest absolute Gasteiger partial charge is 0.310 e. The SMILES string of the molecule is CCNC(CC)c1cccc(-c2c(F)cccc2F)c1. The highest BCUT2D eigenvalue weighted by molar-refractivity contribution is 5.65. The Morgan fingerprint density at radius 1 is 1.00 bits per heavy atom. The summed E-state index contributed by atoms with van der Waals surface area (Å²) in [5.41, 5.74) is 1.67. The summed E-state index contributed by atoms with van der Waals surface area (Å²) in [5, 5.41) is 3.37. The van der Waals surface area contributed by atoms with E-state index in [1.807, 2.05) is 25.1 Å². The number of halogens is 2. The van der Waals surface area contributed by atoms with E-state index in [1.54, 1.807) is 6.07 Å². The Hall–Kier alpha value is -1.74. The number of nitrogens with one attached hydrogen (secondary N) is 1. The average Bonchev–Trinajstić information content (AvgIpc) is 2.45. The fourth-order valence-electron chi connectivity index (χ4n) is 2.43. The minimum absolute atomic E-state index is 0.0423. The molecule has 0 saturated heterocycles. The lowest BCUT2D eigenvalue weighted by Gasteiger charge is -2.17. The van der Waals surface area contributed by atoms with Crippen LogP contribution in [0.4, 0.5) is 8.78 Å². The Kier molecular flexibility index (Phi) is 4.85. The lowest BCUT2D eigenvalue weighted by molar-refractivity contribution is 0.537. The molecule has 0 aliphatic carbocycles. The normalized spacial score (nSPS) is 12.4. The average molecular weight is 275 g/mol. The third-order valence-electron chi connectivity index (χ3n) is 3.40. The van der Waals surface area contributed by atoms with Crippen molar-refractivity contribution in [3.8, 4) is 11.1 Å². The van der Waals surface area contributed by atoms with Crippen LogP contribution in [0.5, 0.6) is 0 Å². The zero-order valence-corrected chi connectivity index (χ0v) is 11.8. The van der Waals surface area contributed by atoms with Crippen LogP contribution in [-0.2, 0) is 0 Å². The minimum Gasteiger partial charge on any atom is -0.310 e. The molecular weight excluding hydrogens is 256 g/mol. The summed E-state index contributed by atoms with van der Waals surface area (Å²) in [6, 6.07) is 11.6. The van der Waals surface area contributed by atoms with Gasteiger partial charge >= 0.3 is 0 Å². The number of hydrogen-bond acceptors (Lipinski definition) is 1. The molecule has 0 saturated carbocycles. The van der Waals surface area contributed by atoms with Crippen LogP contribution in [0, 0.1) is 11.6 Å². The van der Waals surface area contributed by atoms with Crippen LogP contribution in [-0.4, -0.2) is 6.54 Å². The zero-order valence-electron chi connectivity index (χ0n) is 11.8. The van der Waals surface area contributed by atoms with Crippen molar-refractivity contribution < 1.29 is 8.78 Å². The molecule has 106 valence electrons. The highest BCUT2D eigenvalue weighted by Gasteiger charge is 2.13. The Balaban J connectivity index is 2.44. The van der Waals surface area contributed by atoms with E-state index in [0.29, 0.717) is 5.56 Å². The van der Waals surface area contributed by atoms with Crippen molar-refractivity contribution in [1.82, 2.24) is 5.32 Å². The smallest absolute Gasteiger partial charge is 0.133 e. The molecule has 1 unspecified atom stereocenters. The van der Waals surface area contributed by atoms with Crippen molar-refractivity contribution in [3.63, 3.8) is 0 Å². The van der Waals surface area contributed by atoms with Gasteiger partial charge < -0.3 is 5.32 Å². The van der Waals surface area contributed by atoms with Crippen molar-refractivity contribution in [1.29, 1.82) is 0 Å². The maximum atomic E-state index is 13.8. The molecule has 0 bridgehead atoms. The van der Waals surface area contributed by atoms with Gasteiger partial charge in [-0.2, -0.15) is 0 Å². The molecule has 0 aliphatic heterocycles. The van der Waals surface area contributed by atoms with E-state index < -0.39 is 11.6 Å². The summed E-state index contributed by atoms with van der Waals surface area (Å²) in [6.45, 7) is 4.99. The van der Waals surface area contributed by atoms with Gasteiger partial charge in [-0.1, -0.05) is 38.1 Å². The highest BCUT2D eigenvalue weighted by Crippen LogP contribution is 2.28. The molecule has 2 rings (SSSR count). The second-order valence-corrected chi connectivity index (χ2v) is 4.74. The predicted molar refractivity (Wildman–Crippen MR) is 78.5 cm³/mol. The van der Waals surface area contributed by atoms with Crippen LogP contribution >= 0.6 is 0 Å². The van der Waals surface area contributed by atoms with Crippen LogP contribution in [0.25, 0.3) is 11.1 Å². The summed E-state index contributed by atoms with van der Waals surface area (Å²) in [4.78, 5) is 0. The Labute approximate surface area is 118 Å².